The predicted molar refractivity (Wildman–Crippen MR) is 91.2 cm³/mol. The molecule has 0 aromatic carbocycles. The van der Waals surface area contributed by atoms with Gasteiger partial charge in [-0.1, -0.05) is 5.06 Å². The molecule has 1 amide bonds. The van der Waals surface area contributed by atoms with Crippen molar-refractivity contribution < 1.29 is 24.2 Å². The van der Waals surface area contributed by atoms with Crippen molar-refractivity contribution in [2.45, 2.75) is 90.8 Å². The predicted octanol–water partition coefficient (Wildman–Crippen LogP) is 2.49. The molecule has 0 bridgehead atoms. The second-order valence-electron chi connectivity index (χ2n) is 9.19. The summed E-state index contributed by atoms with van der Waals surface area (Å²) in [6.07, 6.45) is -0.614. The molecule has 25 heavy (non-hydrogen) atoms. The summed E-state index contributed by atoms with van der Waals surface area (Å²) in [6.45, 7) is 15.7. The van der Waals surface area contributed by atoms with Gasteiger partial charge >= 0.3 is 11.9 Å². The van der Waals surface area contributed by atoms with Crippen LogP contribution < -0.4 is 0 Å². The largest absolute Gasteiger partial charge is 0.715 e. The Morgan fingerprint density at radius 3 is 2.16 bits per heavy atom. The molecule has 1 atom stereocenters. The summed E-state index contributed by atoms with van der Waals surface area (Å²) in [6, 6.07) is -0.805. The van der Waals surface area contributed by atoms with E-state index in [1.807, 2.05) is 0 Å². The first kappa shape index (κ1) is 19.8. The van der Waals surface area contributed by atoms with Crippen LogP contribution in [0, 0.1) is 5.21 Å². The molecule has 2 rings (SSSR count). The van der Waals surface area contributed by atoms with Gasteiger partial charge in [0.05, 0.1) is 6.61 Å². The van der Waals surface area contributed by atoms with E-state index in [0.29, 0.717) is 9.80 Å². The lowest BCUT2D eigenvalue weighted by molar-refractivity contribution is -0.541. The van der Waals surface area contributed by atoms with Gasteiger partial charge < -0.3 is 14.7 Å². The fraction of sp³-hybridized carbons (Fsp3) is 0.882. The summed E-state index contributed by atoms with van der Waals surface area (Å²) in [4.78, 5) is 14.1. The van der Waals surface area contributed by atoms with Crippen LogP contribution in [-0.4, -0.2) is 61.7 Å². The van der Waals surface area contributed by atoms with Crippen molar-refractivity contribution in [3.05, 3.63) is 5.21 Å². The van der Waals surface area contributed by atoms with Gasteiger partial charge in [-0.25, -0.2) is 4.79 Å². The number of amides is 1. The Labute approximate surface area is 149 Å². The lowest BCUT2D eigenvalue weighted by Gasteiger charge is -2.34. The van der Waals surface area contributed by atoms with E-state index in [1.165, 1.54) is 4.90 Å². The average molecular weight is 356 g/mol. The number of nitrogens with zero attached hydrogens (tertiary/aromatic N) is 3. The molecule has 1 radical (unpaired) electrons. The molecule has 2 aliphatic heterocycles. The van der Waals surface area contributed by atoms with Crippen LogP contribution >= 0.6 is 0 Å². The maximum absolute atomic E-state index is 12.9. The van der Waals surface area contributed by atoms with E-state index >= 15 is 0 Å². The minimum atomic E-state index is -0.988. The van der Waals surface area contributed by atoms with Gasteiger partial charge in [-0.2, -0.15) is 0 Å². The van der Waals surface area contributed by atoms with Crippen molar-refractivity contribution in [3.8, 4) is 0 Å². The average Bonchev–Trinajstić information content (AvgIpc) is 2.76. The number of rotatable bonds is 1. The Bertz CT molecular complexity index is 604. The van der Waals surface area contributed by atoms with E-state index in [4.69, 9.17) is 9.47 Å². The Hall–Kier alpha value is -1.54. The zero-order valence-corrected chi connectivity index (χ0v) is 16.7. The Balaban J connectivity index is 2.47. The molecular formula is C17H30N3O5. The topological polar surface area (TPSA) is 88.0 Å². The van der Waals surface area contributed by atoms with E-state index in [9.17, 15) is 15.2 Å². The van der Waals surface area contributed by atoms with E-state index in [-0.39, 0.29) is 12.4 Å². The van der Waals surface area contributed by atoms with Gasteiger partial charge in [0.2, 0.25) is 0 Å². The summed E-state index contributed by atoms with van der Waals surface area (Å²) in [5, 5.41) is 26.5. The second-order valence-corrected chi connectivity index (χ2v) is 9.19. The van der Waals surface area contributed by atoms with Crippen LogP contribution in [0.2, 0.25) is 0 Å². The zero-order valence-electron chi connectivity index (χ0n) is 16.7. The normalized spacial score (nSPS) is 27.8. The van der Waals surface area contributed by atoms with E-state index in [2.05, 4.69) is 0 Å². The van der Waals surface area contributed by atoms with Crippen molar-refractivity contribution in [1.29, 1.82) is 0 Å². The minimum absolute atomic E-state index is 0.0218. The fourth-order valence-electron chi connectivity index (χ4n) is 3.07. The Morgan fingerprint density at radius 2 is 1.76 bits per heavy atom. The molecule has 0 aromatic rings. The Kier molecular flexibility index (Phi) is 4.33. The van der Waals surface area contributed by atoms with Gasteiger partial charge in [0.25, 0.3) is 0 Å². The van der Waals surface area contributed by atoms with Gasteiger partial charge in [0, 0.05) is 5.21 Å². The van der Waals surface area contributed by atoms with E-state index in [1.54, 1.807) is 62.3 Å². The van der Waals surface area contributed by atoms with Crippen LogP contribution in [0.15, 0.2) is 0 Å². The summed E-state index contributed by atoms with van der Waals surface area (Å²) < 4.78 is 11.9. The second kappa shape index (κ2) is 5.48. The maximum atomic E-state index is 12.9. The van der Waals surface area contributed by atoms with Crippen molar-refractivity contribution in [3.63, 3.8) is 0 Å². The van der Waals surface area contributed by atoms with Crippen LogP contribution in [0.25, 0.3) is 0 Å². The monoisotopic (exact) mass is 356 g/mol. The molecule has 2 aliphatic rings. The van der Waals surface area contributed by atoms with Crippen LogP contribution in [-0.2, 0) is 14.7 Å². The van der Waals surface area contributed by atoms with Gasteiger partial charge in [0.1, 0.15) is 16.9 Å². The molecular weight excluding hydrogens is 326 g/mol. The van der Waals surface area contributed by atoms with Crippen molar-refractivity contribution in [2.75, 3.05) is 6.61 Å². The smallest absolute Gasteiger partial charge is 0.413 e. The third-order valence-electron chi connectivity index (χ3n) is 5.30. The lowest BCUT2D eigenvalue weighted by atomic mass is 9.84. The van der Waals surface area contributed by atoms with Crippen LogP contribution in [0.3, 0.4) is 0 Å². The molecule has 1 fully saturated rings. The van der Waals surface area contributed by atoms with Crippen LogP contribution in [0.4, 0.5) is 4.79 Å². The Morgan fingerprint density at radius 1 is 1.24 bits per heavy atom. The highest BCUT2D eigenvalue weighted by molar-refractivity contribution is 5.88. The first-order valence-electron chi connectivity index (χ1n) is 8.52. The third kappa shape index (κ3) is 2.95. The number of amidine groups is 1. The number of hydrogen-bond donors (Lipinski definition) is 0. The first-order chi connectivity index (χ1) is 11.0. The SMILES string of the molecule is CC(C)(C)OC(=O)N1[C@H](C2=[N+]([O-])C(C)(C)C(C)(C)N2[O])COC1(C)C. The zero-order chi connectivity index (χ0) is 19.6. The molecule has 0 spiro atoms. The molecule has 0 aliphatic carbocycles. The number of hydroxylamine groups is 3. The molecule has 8 heteroatoms. The molecule has 8 nitrogen and oxygen atoms in total. The van der Waals surface area contributed by atoms with Crippen LogP contribution in [0.1, 0.15) is 62.3 Å². The van der Waals surface area contributed by atoms with E-state index < -0.39 is 34.5 Å². The summed E-state index contributed by atoms with van der Waals surface area (Å²) in [5.41, 5.74) is -3.58. The molecule has 1 saturated heterocycles. The molecule has 0 saturated carbocycles. The third-order valence-corrected chi connectivity index (χ3v) is 5.30. The van der Waals surface area contributed by atoms with Gasteiger partial charge in [-0.05, 0) is 62.3 Å². The minimum Gasteiger partial charge on any atom is -0.715 e. The van der Waals surface area contributed by atoms with Gasteiger partial charge in [-0.3, -0.25) is 9.64 Å². The molecule has 143 valence electrons. The summed E-state index contributed by atoms with van der Waals surface area (Å²) in [5.74, 6) is -0.0218. The highest BCUT2D eigenvalue weighted by atomic mass is 16.6. The van der Waals surface area contributed by atoms with Crippen molar-refractivity contribution in [1.82, 2.24) is 9.96 Å². The van der Waals surface area contributed by atoms with Gasteiger partial charge in [-0.15, -0.1) is 0 Å². The molecule has 0 unspecified atom stereocenters. The lowest BCUT2D eigenvalue weighted by Crippen LogP contribution is -2.57. The molecule has 0 N–H and O–H groups in total. The fourth-order valence-corrected chi connectivity index (χ4v) is 3.07. The number of ether oxygens (including phenoxy) is 2. The van der Waals surface area contributed by atoms with E-state index in [0.717, 1.165) is 0 Å². The van der Waals surface area contributed by atoms with Crippen molar-refractivity contribution >= 4 is 11.9 Å². The maximum Gasteiger partial charge on any atom is 0.413 e. The standard InChI is InChI=1S/C17H30N3O5/c1-14(2,3)25-13(21)18-11(10-24-17(18,8)9)12-19(22)15(4,5)16(6,7)20(12)23/h11H,10H2,1-9H3/t11-/m0/s1. The highest BCUT2D eigenvalue weighted by Gasteiger charge is 2.64. The number of hydrogen-bond acceptors (Lipinski definition) is 5. The highest BCUT2D eigenvalue weighted by Crippen LogP contribution is 2.40. The molecule has 2 heterocycles. The summed E-state index contributed by atoms with van der Waals surface area (Å²) >= 11 is 0. The van der Waals surface area contributed by atoms with Crippen LogP contribution in [0.5, 0.6) is 0 Å². The number of carbonyl (C=O) groups is 1. The van der Waals surface area contributed by atoms with Gasteiger partial charge in [0.15, 0.2) is 11.6 Å². The number of carbonyl (C=O) groups excluding carboxylic acids is 1. The first-order valence-corrected chi connectivity index (χ1v) is 8.52. The quantitative estimate of drug-likeness (QED) is 0.532. The molecule has 0 aromatic heterocycles. The summed E-state index contributed by atoms with van der Waals surface area (Å²) in [7, 11) is 0. The van der Waals surface area contributed by atoms with Crippen molar-refractivity contribution in [2.24, 2.45) is 0 Å².